The highest BCUT2D eigenvalue weighted by Crippen LogP contribution is 2.24. The second-order valence-corrected chi connectivity index (χ2v) is 6.00. The molecule has 0 aliphatic rings. The molecule has 3 rings (SSSR count). The molecule has 2 aromatic carbocycles. The van der Waals surface area contributed by atoms with E-state index in [4.69, 9.17) is 0 Å². The van der Waals surface area contributed by atoms with Gasteiger partial charge in [-0.05, 0) is 35.9 Å². The summed E-state index contributed by atoms with van der Waals surface area (Å²) < 4.78 is 3.99. The molecule has 0 amide bonds. The van der Waals surface area contributed by atoms with E-state index in [1.165, 1.54) is 0 Å². The van der Waals surface area contributed by atoms with Crippen molar-refractivity contribution >= 4 is 31.9 Å². The first-order valence-electron chi connectivity index (χ1n) is 5.79. The molecular weight excluding hydrogens is 368 g/mol. The zero-order valence-electron chi connectivity index (χ0n) is 9.92. The van der Waals surface area contributed by atoms with Crippen molar-refractivity contribution in [1.29, 1.82) is 0 Å². The van der Waals surface area contributed by atoms with E-state index in [2.05, 4.69) is 49.1 Å². The average Bonchev–Trinajstić information content (AvgIpc) is 2.88. The second-order valence-electron chi connectivity index (χ2n) is 4.16. The van der Waals surface area contributed by atoms with Crippen LogP contribution in [0.25, 0.3) is 16.8 Å². The van der Waals surface area contributed by atoms with Gasteiger partial charge >= 0.3 is 0 Å². The van der Waals surface area contributed by atoms with Crippen LogP contribution in [0.2, 0.25) is 0 Å². The van der Waals surface area contributed by atoms with E-state index in [9.17, 15) is 0 Å². The molecule has 0 aliphatic carbocycles. The maximum absolute atomic E-state index is 4.41. The molecule has 4 heteroatoms. The van der Waals surface area contributed by atoms with Gasteiger partial charge in [-0.2, -0.15) is 5.10 Å². The average molecular weight is 378 g/mol. The number of hydrogen-bond acceptors (Lipinski definition) is 1. The van der Waals surface area contributed by atoms with Crippen LogP contribution in [-0.2, 0) is 0 Å². The van der Waals surface area contributed by atoms with E-state index in [0.29, 0.717) is 0 Å². The Kier molecular flexibility index (Phi) is 3.53. The third kappa shape index (κ3) is 2.80. The van der Waals surface area contributed by atoms with Crippen LogP contribution < -0.4 is 0 Å². The molecule has 0 saturated heterocycles. The van der Waals surface area contributed by atoms with Gasteiger partial charge in [0.05, 0.1) is 11.9 Å². The van der Waals surface area contributed by atoms with Gasteiger partial charge < -0.3 is 0 Å². The number of nitrogens with zero attached hydrogens (tertiary/aromatic N) is 2. The molecule has 0 atom stereocenters. The van der Waals surface area contributed by atoms with Crippen molar-refractivity contribution in [2.24, 2.45) is 0 Å². The first kappa shape index (κ1) is 12.6. The van der Waals surface area contributed by atoms with E-state index in [1.54, 1.807) is 0 Å². The number of halogens is 2. The molecular formula is C15H10Br2N2. The van der Waals surface area contributed by atoms with Gasteiger partial charge in [-0.3, -0.25) is 0 Å². The lowest BCUT2D eigenvalue weighted by molar-refractivity contribution is 0.880. The smallest absolute Gasteiger partial charge is 0.0657 e. The van der Waals surface area contributed by atoms with E-state index in [1.807, 2.05) is 53.5 Å². The van der Waals surface area contributed by atoms with E-state index in [-0.39, 0.29) is 0 Å². The highest BCUT2D eigenvalue weighted by molar-refractivity contribution is 9.10. The van der Waals surface area contributed by atoms with Crippen LogP contribution in [-0.4, -0.2) is 9.78 Å². The number of hydrogen-bond donors (Lipinski definition) is 0. The van der Waals surface area contributed by atoms with Crippen molar-refractivity contribution < 1.29 is 0 Å². The third-order valence-electron chi connectivity index (χ3n) is 2.81. The topological polar surface area (TPSA) is 17.8 Å². The quantitative estimate of drug-likeness (QED) is 0.610. The SMILES string of the molecule is Brc1cccc(-c2cnn(-c3cccc(Br)c3)c2)c1. The van der Waals surface area contributed by atoms with Gasteiger partial charge in [0.2, 0.25) is 0 Å². The largest absolute Gasteiger partial charge is 0.240 e. The van der Waals surface area contributed by atoms with Crippen LogP contribution >= 0.6 is 31.9 Å². The second kappa shape index (κ2) is 5.31. The molecule has 0 saturated carbocycles. The maximum atomic E-state index is 4.41. The normalized spacial score (nSPS) is 10.6. The van der Waals surface area contributed by atoms with Gasteiger partial charge in [0.25, 0.3) is 0 Å². The van der Waals surface area contributed by atoms with Gasteiger partial charge in [-0.25, -0.2) is 4.68 Å². The van der Waals surface area contributed by atoms with Crippen molar-refractivity contribution in [3.05, 3.63) is 69.9 Å². The lowest BCUT2D eigenvalue weighted by Gasteiger charge is -2.01. The third-order valence-corrected chi connectivity index (χ3v) is 3.80. The van der Waals surface area contributed by atoms with Crippen LogP contribution in [0.4, 0.5) is 0 Å². The van der Waals surface area contributed by atoms with E-state index < -0.39 is 0 Å². The van der Waals surface area contributed by atoms with Crippen LogP contribution in [0.1, 0.15) is 0 Å². The molecule has 94 valence electrons. The molecule has 2 nitrogen and oxygen atoms in total. The number of aromatic nitrogens is 2. The van der Waals surface area contributed by atoms with Crippen molar-refractivity contribution in [3.8, 4) is 16.8 Å². The van der Waals surface area contributed by atoms with Gasteiger partial charge in [-0.1, -0.05) is 50.1 Å². The van der Waals surface area contributed by atoms with Crippen molar-refractivity contribution in [1.82, 2.24) is 9.78 Å². The summed E-state index contributed by atoms with van der Waals surface area (Å²) in [6, 6.07) is 16.3. The van der Waals surface area contributed by atoms with Crippen LogP contribution in [0.15, 0.2) is 69.9 Å². The molecule has 0 aliphatic heterocycles. The summed E-state index contributed by atoms with van der Waals surface area (Å²) >= 11 is 6.96. The monoisotopic (exact) mass is 376 g/mol. The Bertz CT molecular complexity index is 659. The predicted molar refractivity (Wildman–Crippen MR) is 84.4 cm³/mol. The van der Waals surface area contributed by atoms with Gasteiger partial charge in [0, 0.05) is 20.7 Å². The lowest BCUT2D eigenvalue weighted by Crippen LogP contribution is -1.93. The van der Waals surface area contributed by atoms with Gasteiger partial charge in [0.15, 0.2) is 0 Å². The van der Waals surface area contributed by atoms with Crippen molar-refractivity contribution in [3.63, 3.8) is 0 Å². The Balaban J connectivity index is 2.00. The van der Waals surface area contributed by atoms with Crippen LogP contribution in [0.5, 0.6) is 0 Å². The molecule has 3 aromatic rings. The molecule has 1 aromatic heterocycles. The Morgan fingerprint density at radius 1 is 0.842 bits per heavy atom. The summed E-state index contributed by atoms with van der Waals surface area (Å²) in [4.78, 5) is 0. The summed E-state index contributed by atoms with van der Waals surface area (Å²) in [6.07, 6.45) is 3.91. The molecule has 19 heavy (non-hydrogen) atoms. The number of rotatable bonds is 2. The summed E-state index contributed by atoms with van der Waals surface area (Å²) in [5.41, 5.74) is 3.28. The predicted octanol–water partition coefficient (Wildman–Crippen LogP) is 5.06. The highest BCUT2D eigenvalue weighted by atomic mass is 79.9. The summed E-state index contributed by atoms with van der Waals surface area (Å²) in [6.45, 7) is 0. The van der Waals surface area contributed by atoms with Gasteiger partial charge in [-0.15, -0.1) is 0 Å². The summed E-state index contributed by atoms with van der Waals surface area (Å²) in [5, 5.41) is 4.41. The fourth-order valence-corrected chi connectivity index (χ4v) is 2.69. The Morgan fingerprint density at radius 3 is 2.32 bits per heavy atom. The van der Waals surface area contributed by atoms with Crippen LogP contribution in [0, 0.1) is 0 Å². The zero-order chi connectivity index (χ0) is 13.2. The molecule has 0 fully saturated rings. The minimum absolute atomic E-state index is 1.04. The van der Waals surface area contributed by atoms with Gasteiger partial charge in [0.1, 0.15) is 0 Å². The summed E-state index contributed by atoms with van der Waals surface area (Å²) in [7, 11) is 0. The van der Waals surface area contributed by atoms with Crippen molar-refractivity contribution in [2.45, 2.75) is 0 Å². The lowest BCUT2D eigenvalue weighted by atomic mass is 10.1. The fraction of sp³-hybridized carbons (Fsp3) is 0. The minimum atomic E-state index is 1.04. The standard InChI is InChI=1S/C15H10Br2N2/c16-13-4-1-3-11(7-13)12-9-18-19(10-12)15-6-2-5-14(17)8-15/h1-10H. The maximum Gasteiger partial charge on any atom is 0.0657 e. The molecule has 0 unspecified atom stereocenters. The Hall–Kier alpha value is -1.39. The zero-order valence-corrected chi connectivity index (χ0v) is 13.1. The Labute approximate surface area is 128 Å². The molecule has 0 bridgehead atoms. The minimum Gasteiger partial charge on any atom is -0.240 e. The fourth-order valence-electron chi connectivity index (χ4n) is 1.90. The van der Waals surface area contributed by atoms with E-state index in [0.717, 1.165) is 25.8 Å². The summed E-state index contributed by atoms with van der Waals surface area (Å²) in [5.74, 6) is 0. The Morgan fingerprint density at radius 2 is 1.58 bits per heavy atom. The molecule has 1 heterocycles. The molecule has 0 spiro atoms. The molecule has 0 radical (unpaired) electrons. The van der Waals surface area contributed by atoms with Crippen LogP contribution in [0.3, 0.4) is 0 Å². The first-order chi connectivity index (χ1) is 9.22. The first-order valence-corrected chi connectivity index (χ1v) is 7.37. The number of benzene rings is 2. The molecule has 0 N–H and O–H groups in total. The van der Waals surface area contributed by atoms with Crippen molar-refractivity contribution in [2.75, 3.05) is 0 Å². The van der Waals surface area contributed by atoms with E-state index >= 15 is 0 Å². The highest BCUT2D eigenvalue weighted by Gasteiger charge is 2.04.